The summed E-state index contributed by atoms with van der Waals surface area (Å²) < 4.78 is 5.33. The molecule has 0 atom stereocenters. The van der Waals surface area contributed by atoms with E-state index in [-0.39, 0.29) is 6.03 Å². The molecule has 1 aromatic carbocycles. The summed E-state index contributed by atoms with van der Waals surface area (Å²) in [6, 6.07) is 7.89. The van der Waals surface area contributed by atoms with Crippen LogP contribution in [0.1, 0.15) is 0 Å². The van der Waals surface area contributed by atoms with E-state index in [1.807, 2.05) is 29.2 Å². The van der Waals surface area contributed by atoms with Crippen molar-refractivity contribution in [3.63, 3.8) is 0 Å². The fourth-order valence-electron chi connectivity index (χ4n) is 3.12. The maximum Gasteiger partial charge on any atom is 0.317 e. The number of urea groups is 1. The first-order valence-corrected chi connectivity index (χ1v) is 8.94. The third-order valence-corrected chi connectivity index (χ3v) is 4.89. The van der Waals surface area contributed by atoms with Crippen LogP contribution in [0.15, 0.2) is 24.3 Å². The van der Waals surface area contributed by atoms with Gasteiger partial charge in [0.15, 0.2) is 0 Å². The number of nitrogens with one attached hydrogen (secondary N) is 1. The molecule has 1 N–H and O–H groups in total. The Morgan fingerprint density at radius 1 is 1.08 bits per heavy atom. The summed E-state index contributed by atoms with van der Waals surface area (Å²) in [5, 5.41) is 3.79. The number of piperazine rings is 1. The third-order valence-electron chi connectivity index (χ3n) is 4.57. The lowest BCUT2D eigenvalue weighted by molar-refractivity contribution is 0.0386. The number of rotatable bonds is 4. The van der Waals surface area contributed by atoms with Gasteiger partial charge in [-0.25, -0.2) is 4.79 Å². The van der Waals surface area contributed by atoms with Crippen LogP contribution in [-0.4, -0.2) is 81.4 Å². The van der Waals surface area contributed by atoms with Gasteiger partial charge in [-0.2, -0.15) is 0 Å². The van der Waals surface area contributed by atoms with Crippen LogP contribution in [0.3, 0.4) is 0 Å². The summed E-state index contributed by atoms with van der Waals surface area (Å²) in [5.41, 5.74) is 1.05. The molecule has 0 spiro atoms. The van der Waals surface area contributed by atoms with Gasteiger partial charge in [-0.1, -0.05) is 23.7 Å². The Hall–Kier alpha value is -1.50. The SMILES string of the molecule is O=C(NCCN1CCOCC1)N1CCN(c2ccccc2Cl)CC1. The van der Waals surface area contributed by atoms with E-state index in [9.17, 15) is 4.79 Å². The summed E-state index contributed by atoms with van der Waals surface area (Å²) in [7, 11) is 0. The molecule has 0 aromatic heterocycles. The Kier molecular flexibility index (Phi) is 6.18. The smallest absolute Gasteiger partial charge is 0.317 e. The monoisotopic (exact) mass is 352 g/mol. The van der Waals surface area contributed by atoms with E-state index in [2.05, 4.69) is 15.1 Å². The average Bonchev–Trinajstić information content (AvgIpc) is 2.63. The molecular formula is C17H25ClN4O2. The zero-order chi connectivity index (χ0) is 16.8. The van der Waals surface area contributed by atoms with Gasteiger partial charge < -0.3 is 19.9 Å². The topological polar surface area (TPSA) is 48.1 Å². The van der Waals surface area contributed by atoms with Gasteiger partial charge in [-0.05, 0) is 12.1 Å². The van der Waals surface area contributed by atoms with Crippen molar-refractivity contribution in [2.75, 3.05) is 70.5 Å². The van der Waals surface area contributed by atoms with Crippen molar-refractivity contribution in [1.82, 2.24) is 15.1 Å². The number of nitrogens with zero attached hydrogens (tertiary/aromatic N) is 3. The molecule has 132 valence electrons. The van der Waals surface area contributed by atoms with Crippen LogP contribution in [-0.2, 0) is 4.74 Å². The standard InChI is InChI=1S/C17H25ClN4O2/c18-15-3-1-2-4-16(15)21-7-9-22(10-8-21)17(23)19-5-6-20-11-13-24-14-12-20/h1-4H,5-14H2,(H,19,23). The second kappa shape index (κ2) is 8.55. The first kappa shape index (κ1) is 17.3. The molecular weight excluding hydrogens is 328 g/mol. The van der Waals surface area contributed by atoms with Gasteiger partial charge in [0.05, 0.1) is 23.9 Å². The van der Waals surface area contributed by atoms with Crippen LogP contribution in [0.2, 0.25) is 5.02 Å². The predicted octanol–water partition coefficient (Wildman–Crippen LogP) is 1.50. The Bertz CT molecular complexity index is 543. The van der Waals surface area contributed by atoms with Gasteiger partial charge in [-0.15, -0.1) is 0 Å². The molecule has 2 saturated heterocycles. The van der Waals surface area contributed by atoms with Gasteiger partial charge in [-0.3, -0.25) is 4.90 Å². The molecule has 2 fully saturated rings. The lowest BCUT2D eigenvalue weighted by atomic mass is 10.2. The van der Waals surface area contributed by atoms with Crippen LogP contribution in [0.25, 0.3) is 0 Å². The molecule has 0 saturated carbocycles. The first-order chi connectivity index (χ1) is 11.7. The molecule has 3 rings (SSSR count). The largest absolute Gasteiger partial charge is 0.379 e. The number of hydrogen-bond donors (Lipinski definition) is 1. The Balaban J connectivity index is 1.39. The van der Waals surface area contributed by atoms with E-state index in [4.69, 9.17) is 16.3 Å². The Morgan fingerprint density at radius 2 is 1.79 bits per heavy atom. The molecule has 2 amide bonds. The van der Waals surface area contributed by atoms with Crippen molar-refractivity contribution >= 4 is 23.3 Å². The van der Waals surface area contributed by atoms with E-state index in [1.165, 1.54) is 0 Å². The first-order valence-electron chi connectivity index (χ1n) is 8.56. The minimum atomic E-state index is 0.0297. The van der Waals surface area contributed by atoms with Crippen molar-refractivity contribution in [2.24, 2.45) is 0 Å². The predicted molar refractivity (Wildman–Crippen MR) is 95.9 cm³/mol. The average molecular weight is 353 g/mol. The minimum absolute atomic E-state index is 0.0297. The molecule has 2 aliphatic heterocycles. The van der Waals surface area contributed by atoms with Crippen LogP contribution in [0.5, 0.6) is 0 Å². The van der Waals surface area contributed by atoms with Gasteiger partial charge in [0.25, 0.3) is 0 Å². The molecule has 1 aromatic rings. The lowest BCUT2D eigenvalue weighted by Crippen LogP contribution is -2.53. The van der Waals surface area contributed by atoms with Crippen molar-refractivity contribution < 1.29 is 9.53 Å². The van der Waals surface area contributed by atoms with Crippen molar-refractivity contribution in [1.29, 1.82) is 0 Å². The van der Waals surface area contributed by atoms with E-state index in [0.717, 1.165) is 56.6 Å². The van der Waals surface area contributed by atoms with Crippen molar-refractivity contribution in [3.05, 3.63) is 29.3 Å². The van der Waals surface area contributed by atoms with Gasteiger partial charge in [0, 0.05) is 52.4 Å². The number of anilines is 1. The van der Waals surface area contributed by atoms with E-state index < -0.39 is 0 Å². The van der Waals surface area contributed by atoms with E-state index in [1.54, 1.807) is 0 Å². The lowest BCUT2D eigenvalue weighted by Gasteiger charge is -2.36. The van der Waals surface area contributed by atoms with Crippen LogP contribution >= 0.6 is 11.6 Å². The van der Waals surface area contributed by atoms with Crippen molar-refractivity contribution in [3.8, 4) is 0 Å². The molecule has 6 nitrogen and oxygen atoms in total. The number of carbonyl (C=O) groups is 1. The normalized spacial score (nSPS) is 19.4. The van der Waals surface area contributed by atoms with Crippen molar-refractivity contribution in [2.45, 2.75) is 0 Å². The highest BCUT2D eigenvalue weighted by Gasteiger charge is 2.22. The van der Waals surface area contributed by atoms with Crippen LogP contribution < -0.4 is 10.2 Å². The Morgan fingerprint density at radius 3 is 2.50 bits per heavy atom. The van der Waals surface area contributed by atoms with Gasteiger partial charge in [0.2, 0.25) is 0 Å². The fraction of sp³-hybridized carbons (Fsp3) is 0.588. The molecule has 7 heteroatoms. The maximum atomic E-state index is 12.3. The molecule has 0 radical (unpaired) electrons. The molecule has 0 unspecified atom stereocenters. The number of halogens is 1. The zero-order valence-electron chi connectivity index (χ0n) is 13.9. The highest BCUT2D eigenvalue weighted by Crippen LogP contribution is 2.25. The molecule has 2 aliphatic rings. The van der Waals surface area contributed by atoms with Crippen LogP contribution in [0.4, 0.5) is 10.5 Å². The number of carbonyl (C=O) groups excluding carboxylic acids is 1. The second-order valence-electron chi connectivity index (χ2n) is 6.11. The number of morpholine rings is 1. The zero-order valence-corrected chi connectivity index (χ0v) is 14.7. The molecule has 0 aliphatic carbocycles. The minimum Gasteiger partial charge on any atom is -0.379 e. The third kappa shape index (κ3) is 4.53. The number of hydrogen-bond acceptors (Lipinski definition) is 4. The van der Waals surface area contributed by atoms with E-state index >= 15 is 0 Å². The second-order valence-corrected chi connectivity index (χ2v) is 6.52. The summed E-state index contributed by atoms with van der Waals surface area (Å²) in [4.78, 5) is 18.7. The summed E-state index contributed by atoms with van der Waals surface area (Å²) in [6.07, 6.45) is 0. The molecule has 0 bridgehead atoms. The summed E-state index contributed by atoms with van der Waals surface area (Å²) >= 11 is 6.25. The highest BCUT2D eigenvalue weighted by molar-refractivity contribution is 6.33. The number of para-hydroxylation sites is 1. The number of ether oxygens (including phenoxy) is 1. The summed E-state index contributed by atoms with van der Waals surface area (Å²) in [5.74, 6) is 0. The number of benzene rings is 1. The number of amides is 2. The molecule has 24 heavy (non-hydrogen) atoms. The van der Waals surface area contributed by atoms with Gasteiger partial charge >= 0.3 is 6.03 Å². The summed E-state index contributed by atoms with van der Waals surface area (Å²) in [6.45, 7) is 8.09. The molecule has 2 heterocycles. The van der Waals surface area contributed by atoms with E-state index in [0.29, 0.717) is 19.6 Å². The van der Waals surface area contributed by atoms with Gasteiger partial charge in [0.1, 0.15) is 0 Å². The van der Waals surface area contributed by atoms with Crippen LogP contribution in [0, 0.1) is 0 Å². The fourth-order valence-corrected chi connectivity index (χ4v) is 3.37. The maximum absolute atomic E-state index is 12.3. The highest BCUT2D eigenvalue weighted by atomic mass is 35.5. The quantitative estimate of drug-likeness (QED) is 0.892. The Labute approximate surface area is 148 Å².